The molecule has 5 nitrogen and oxygen atoms in total. The van der Waals surface area contributed by atoms with Crippen LogP contribution in [0.25, 0.3) is 0 Å². The van der Waals surface area contributed by atoms with Crippen molar-refractivity contribution < 1.29 is 24.5 Å². The molecule has 5 heteroatoms. The minimum absolute atomic E-state index is 0.00389. The van der Waals surface area contributed by atoms with Crippen LogP contribution in [0.2, 0.25) is 0 Å². The summed E-state index contributed by atoms with van der Waals surface area (Å²) in [5, 5.41) is 20.5. The van der Waals surface area contributed by atoms with E-state index in [2.05, 4.69) is 6.92 Å². The number of carboxylic acids is 1. The smallest absolute Gasteiger partial charge is 0.312 e. The molecule has 1 saturated heterocycles. The molecule has 0 radical (unpaired) electrons. The number of ether oxygens (including phenoxy) is 1. The van der Waals surface area contributed by atoms with E-state index in [1.165, 1.54) is 0 Å². The molecular formula is C18H28O5. The van der Waals surface area contributed by atoms with E-state index in [1.807, 2.05) is 13.8 Å². The van der Waals surface area contributed by atoms with Gasteiger partial charge < -0.3 is 14.9 Å². The van der Waals surface area contributed by atoms with E-state index in [0.29, 0.717) is 19.3 Å². The van der Waals surface area contributed by atoms with E-state index in [1.54, 1.807) is 0 Å². The molecule has 1 aliphatic heterocycles. The molecule has 0 spiro atoms. The van der Waals surface area contributed by atoms with Crippen molar-refractivity contribution in [2.75, 3.05) is 0 Å². The molecule has 0 aromatic carbocycles. The Balaban J connectivity index is 1.95. The van der Waals surface area contributed by atoms with Gasteiger partial charge >= 0.3 is 11.9 Å². The average molecular weight is 324 g/mol. The summed E-state index contributed by atoms with van der Waals surface area (Å²) in [4.78, 5) is 23.3. The number of carboxylic acid groups (broad SMARTS) is 1. The Labute approximate surface area is 137 Å². The number of rotatable bonds is 4. The van der Waals surface area contributed by atoms with Crippen LogP contribution < -0.4 is 0 Å². The van der Waals surface area contributed by atoms with Crippen LogP contribution in [0.5, 0.6) is 0 Å². The summed E-state index contributed by atoms with van der Waals surface area (Å²) in [6.07, 6.45) is 4.18. The number of hydrogen-bond acceptors (Lipinski definition) is 4. The van der Waals surface area contributed by atoms with E-state index in [9.17, 15) is 14.7 Å². The molecule has 2 aliphatic carbocycles. The number of carbonyl (C=O) groups is 2. The van der Waals surface area contributed by atoms with E-state index in [4.69, 9.17) is 9.84 Å². The highest BCUT2D eigenvalue weighted by Crippen LogP contribution is 2.67. The first-order valence-corrected chi connectivity index (χ1v) is 8.80. The van der Waals surface area contributed by atoms with Gasteiger partial charge in [-0.3, -0.25) is 9.59 Å². The topological polar surface area (TPSA) is 83.8 Å². The fourth-order valence-electron chi connectivity index (χ4n) is 6.04. The standard InChI is InChI=1S/C18H28O5/c1-11-10-12-14-16(2,15(21)23-12)7-5-8-17(14,3)18(11,22)9-4-6-13(19)20/h11-12,14,22H,4-10H2,1-3H3,(H,19,20)/t11-,12-,14?,16+,17+,18-/m1/s1. The Morgan fingerprint density at radius 3 is 2.70 bits per heavy atom. The minimum Gasteiger partial charge on any atom is -0.481 e. The molecule has 130 valence electrons. The summed E-state index contributed by atoms with van der Waals surface area (Å²) in [6.45, 7) is 6.10. The Bertz CT molecular complexity index is 532. The zero-order valence-electron chi connectivity index (χ0n) is 14.3. The number of aliphatic hydroxyl groups is 1. The van der Waals surface area contributed by atoms with Gasteiger partial charge in [-0.05, 0) is 44.9 Å². The average Bonchev–Trinajstić information content (AvgIpc) is 2.69. The van der Waals surface area contributed by atoms with Crippen LogP contribution >= 0.6 is 0 Å². The Hall–Kier alpha value is -1.10. The maximum Gasteiger partial charge on any atom is 0.312 e. The van der Waals surface area contributed by atoms with Crippen molar-refractivity contribution in [3.05, 3.63) is 0 Å². The molecule has 1 heterocycles. The quantitative estimate of drug-likeness (QED) is 0.777. The third-order valence-corrected chi connectivity index (χ3v) is 7.20. The molecule has 3 aliphatic rings. The first-order chi connectivity index (χ1) is 10.6. The van der Waals surface area contributed by atoms with Crippen molar-refractivity contribution in [2.45, 2.75) is 77.4 Å². The largest absolute Gasteiger partial charge is 0.481 e. The summed E-state index contributed by atoms with van der Waals surface area (Å²) in [6, 6.07) is 0. The van der Waals surface area contributed by atoms with Crippen LogP contribution in [0.15, 0.2) is 0 Å². The van der Waals surface area contributed by atoms with E-state index in [-0.39, 0.29) is 30.3 Å². The fourth-order valence-corrected chi connectivity index (χ4v) is 6.04. The first-order valence-electron chi connectivity index (χ1n) is 8.80. The second kappa shape index (κ2) is 5.20. The highest BCUT2D eigenvalue weighted by atomic mass is 16.6. The predicted octanol–water partition coefficient (Wildman–Crippen LogP) is 2.75. The van der Waals surface area contributed by atoms with Crippen molar-refractivity contribution in [3.63, 3.8) is 0 Å². The lowest BCUT2D eigenvalue weighted by Crippen LogP contribution is -2.65. The van der Waals surface area contributed by atoms with Gasteiger partial charge in [-0.1, -0.05) is 20.3 Å². The highest BCUT2D eigenvalue weighted by molar-refractivity contribution is 5.80. The Morgan fingerprint density at radius 1 is 1.35 bits per heavy atom. The maximum atomic E-state index is 12.5. The lowest BCUT2D eigenvalue weighted by atomic mass is 9.44. The minimum atomic E-state index is -0.931. The van der Waals surface area contributed by atoms with Crippen LogP contribution in [-0.2, 0) is 14.3 Å². The molecule has 0 aromatic rings. The SMILES string of the molecule is C[C@@H]1C[C@H]2OC(=O)[C@@]3(C)CCC[C@@](C)(C23)[C@@]1(O)CCCC(=O)O. The third-order valence-electron chi connectivity index (χ3n) is 7.20. The van der Waals surface area contributed by atoms with Crippen LogP contribution in [-0.4, -0.2) is 33.9 Å². The van der Waals surface area contributed by atoms with Crippen molar-refractivity contribution in [1.29, 1.82) is 0 Å². The molecular weight excluding hydrogens is 296 g/mol. The summed E-state index contributed by atoms with van der Waals surface area (Å²) in [7, 11) is 0. The Morgan fingerprint density at radius 2 is 2.04 bits per heavy atom. The molecule has 2 saturated carbocycles. The predicted molar refractivity (Wildman–Crippen MR) is 83.7 cm³/mol. The molecule has 0 aromatic heterocycles. The lowest BCUT2D eigenvalue weighted by Gasteiger charge is -2.61. The van der Waals surface area contributed by atoms with Gasteiger partial charge in [0, 0.05) is 17.8 Å². The molecule has 0 bridgehead atoms. The normalized spacial score (nSPS) is 48.7. The van der Waals surface area contributed by atoms with Gasteiger partial charge in [0.25, 0.3) is 0 Å². The van der Waals surface area contributed by atoms with Gasteiger partial charge in [0.05, 0.1) is 11.0 Å². The molecule has 0 amide bonds. The van der Waals surface area contributed by atoms with Crippen molar-refractivity contribution in [2.24, 2.45) is 22.7 Å². The summed E-state index contributed by atoms with van der Waals surface area (Å²) < 4.78 is 5.71. The fraction of sp³-hybridized carbons (Fsp3) is 0.889. The molecule has 6 atom stereocenters. The molecule has 3 fully saturated rings. The molecule has 2 N–H and O–H groups in total. The van der Waals surface area contributed by atoms with E-state index in [0.717, 1.165) is 19.3 Å². The van der Waals surface area contributed by atoms with Gasteiger partial charge in [0.1, 0.15) is 6.10 Å². The van der Waals surface area contributed by atoms with Crippen molar-refractivity contribution >= 4 is 11.9 Å². The van der Waals surface area contributed by atoms with Gasteiger partial charge in [-0.2, -0.15) is 0 Å². The molecule has 23 heavy (non-hydrogen) atoms. The zero-order chi connectivity index (χ0) is 17.0. The number of carbonyl (C=O) groups excluding carboxylic acids is 1. The highest BCUT2D eigenvalue weighted by Gasteiger charge is 2.70. The maximum absolute atomic E-state index is 12.5. The second-order valence-electron chi connectivity index (χ2n) is 8.42. The summed E-state index contributed by atoms with van der Waals surface area (Å²) in [5.41, 5.74) is -1.83. The van der Waals surface area contributed by atoms with Crippen LogP contribution in [0.1, 0.15) is 65.7 Å². The number of hydrogen-bond donors (Lipinski definition) is 2. The Kier molecular flexibility index (Phi) is 3.79. The molecule has 3 rings (SSSR count). The van der Waals surface area contributed by atoms with Gasteiger partial charge in [0.2, 0.25) is 0 Å². The zero-order valence-corrected chi connectivity index (χ0v) is 14.3. The van der Waals surface area contributed by atoms with E-state index < -0.39 is 22.4 Å². The monoisotopic (exact) mass is 324 g/mol. The number of esters is 1. The van der Waals surface area contributed by atoms with Gasteiger partial charge in [-0.25, -0.2) is 0 Å². The third kappa shape index (κ3) is 2.15. The lowest BCUT2D eigenvalue weighted by molar-refractivity contribution is -0.218. The molecule has 1 unspecified atom stereocenters. The van der Waals surface area contributed by atoms with Gasteiger partial charge in [-0.15, -0.1) is 0 Å². The summed E-state index contributed by atoms with van der Waals surface area (Å²) >= 11 is 0. The van der Waals surface area contributed by atoms with Crippen molar-refractivity contribution in [3.8, 4) is 0 Å². The first kappa shape index (κ1) is 16.7. The summed E-state index contributed by atoms with van der Waals surface area (Å²) in [5.74, 6) is -0.911. The van der Waals surface area contributed by atoms with Crippen LogP contribution in [0.4, 0.5) is 0 Å². The van der Waals surface area contributed by atoms with E-state index >= 15 is 0 Å². The second-order valence-corrected chi connectivity index (χ2v) is 8.42. The van der Waals surface area contributed by atoms with Crippen LogP contribution in [0, 0.1) is 22.7 Å². The van der Waals surface area contributed by atoms with Gasteiger partial charge in [0.15, 0.2) is 0 Å². The van der Waals surface area contributed by atoms with Crippen LogP contribution in [0.3, 0.4) is 0 Å². The number of aliphatic carboxylic acids is 1. The van der Waals surface area contributed by atoms with Crippen molar-refractivity contribution in [1.82, 2.24) is 0 Å².